The zero-order valence-corrected chi connectivity index (χ0v) is 14.7. The van der Waals surface area contributed by atoms with Crippen LogP contribution in [0.25, 0.3) is 0 Å². The van der Waals surface area contributed by atoms with E-state index in [2.05, 4.69) is 10.2 Å². The van der Waals surface area contributed by atoms with Crippen molar-refractivity contribution in [1.29, 1.82) is 0 Å². The standard InChI is InChI=1S/C15H21N3O5S/c1-10(17(2)12-4-5-12)9-16-15(19)11-6-13(18(20)21)8-14(7-11)24(3,22)23/h6-8,10,12H,4-5,9H2,1-3H3,(H,16,19). The third-order valence-corrected chi connectivity index (χ3v) is 5.26. The molecule has 1 aliphatic carbocycles. The highest BCUT2D eigenvalue weighted by molar-refractivity contribution is 7.90. The molecule has 0 saturated heterocycles. The minimum atomic E-state index is -3.66. The Bertz CT molecular complexity index is 758. The molecule has 132 valence electrons. The molecule has 1 aromatic carbocycles. The highest BCUT2D eigenvalue weighted by atomic mass is 32.2. The highest BCUT2D eigenvalue weighted by Gasteiger charge is 2.29. The molecular weight excluding hydrogens is 334 g/mol. The van der Waals surface area contributed by atoms with Crippen LogP contribution in [0.2, 0.25) is 0 Å². The van der Waals surface area contributed by atoms with Gasteiger partial charge in [-0.2, -0.15) is 0 Å². The topological polar surface area (TPSA) is 110 Å². The average Bonchev–Trinajstić information content (AvgIpc) is 3.34. The number of nitrogens with one attached hydrogen (secondary N) is 1. The molecule has 0 bridgehead atoms. The number of nitro groups is 1. The Labute approximate surface area is 140 Å². The first-order valence-electron chi connectivity index (χ1n) is 7.59. The lowest BCUT2D eigenvalue weighted by molar-refractivity contribution is -0.385. The molecule has 1 atom stereocenters. The van der Waals surface area contributed by atoms with Crippen LogP contribution in [0.5, 0.6) is 0 Å². The van der Waals surface area contributed by atoms with E-state index in [0.717, 1.165) is 37.3 Å². The Morgan fingerprint density at radius 1 is 1.42 bits per heavy atom. The van der Waals surface area contributed by atoms with Crippen molar-refractivity contribution in [2.75, 3.05) is 19.8 Å². The number of rotatable bonds is 7. The summed E-state index contributed by atoms with van der Waals surface area (Å²) in [5.74, 6) is -0.528. The molecule has 1 N–H and O–H groups in total. The number of non-ortho nitro benzene ring substituents is 1. The molecule has 0 aromatic heterocycles. The molecule has 9 heteroatoms. The largest absolute Gasteiger partial charge is 0.350 e. The highest BCUT2D eigenvalue weighted by Crippen LogP contribution is 2.26. The Hall–Kier alpha value is -2.00. The summed E-state index contributed by atoms with van der Waals surface area (Å²) < 4.78 is 23.3. The molecular formula is C15H21N3O5S. The van der Waals surface area contributed by atoms with Gasteiger partial charge in [0.25, 0.3) is 11.6 Å². The van der Waals surface area contributed by atoms with Crippen molar-refractivity contribution in [2.24, 2.45) is 0 Å². The summed E-state index contributed by atoms with van der Waals surface area (Å²) in [5, 5.41) is 13.7. The van der Waals surface area contributed by atoms with Crippen LogP contribution >= 0.6 is 0 Å². The number of benzene rings is 1. The summed E-state index contributed by atoms with van der Waals surface area (Å²) in [6.45, 7) is 2.36. The number of carbonyl (C=O) groups is 1. The normalized spacial score (nSPS) is 16.0. The molecule has 1 fully saturated rings. The van der Waals surface area contributed by atoms with Gasteiger partial charge in [-0.25, -0.2) is 8.42 Å². The van der Waals surface area contributed by atoms with E-state index in [9.17, 15) is 23.3 Å². The van der Waals surface area contributed by atoms with E-state index < -0.39 is 26.4 Å². The number of hydrogen-bond donors (Lipinski definition) is 1. The minimum absolute atomic E-state index is 0.0362. The van der Waals surface area contributed by atoms with Crippen molar-refractivity contribution in [3.8, 4) is 0 Å². The van der Waals surface area contributed by atoms with Crippen LogP contribution in [0.3, 0.4) is 0 Å². The van der Waals surface area contributed by atoms with Gasteiger partial charge in [0.2, 0.25) is 0 Å². The third kappa shape index (κ3) is 4.51. The second kappa shape index (κ2) is 6.86. The average molecular weight is 355 g/mol. The third-order valence-electron chi connectivity index (χ3n) is 4.17. The van der Waals surface area contributed by atoms with Crippen LogP contribution in [0.4, 0.5) is 5.69 Å². The van der Waals surface area contributed by atoms with E-state index >= 15 is 0 Å². The van der Waals surface area contributed by atoms with Crippen molar-refractivity contribution in [2.45, 2.75) is 36.7 Å². The van der Waals surface area contributed by atoms with Crippen molar-refractivity contribution < 1.29 is 18.1 Å². The first-order chi connectivity index (χ1) is 11.1. The summed E-state index contributed by atoms with van der Waals surface area (Å²) in [6.07, 6.45) is 3.25. The van der Waals surface area contributed by atoms with E-state index in [0.29, 0.717) is 12.6 Å². The van der Waals surface area contributed by atoms with E-state index in [-0.39, 0.29) is 16.5 Å². The number of nitrogens with zero attached hydrogens (tertiary/aromatic N) is 2. The quantitative estimate of drug-likeness (QED) is 0.581. The zero-order chi connectivity index (χ0) is 18.1. The lowest BCUT2D eigenvalue weighted by Gasteiger charge is -2.24. The second-order valence-corrected chi connectivity index (χ2v) is 8.22. The molecule has 1 aromatic rings. The Morgan fingerprint density at radius 3 is 2.54 bits per heavy atom. The van der Waals surface area contributed by atoms with Crippen molar-refractivity contribution in [3.63, 3.8) is 0 Å². The summed E-state index contributed by atoms with van der Waals surface area (Å²) in [7, 11) is -1.67. The number of amides is 1. The maximum atomic E-state index is 12.3. The molecule has 8 nitrogen and oxygen atoms in total. The molecule has 1 aliphatic rings. The first kappa shape index (κ1) is 18.3. The van der Waals surface area contributed by atoms with Gasteiger partial charge >= 0.3 is 0 Å². The predicted octanol–water partition coefficient (Wildman–Crippen LogP) is 1.21. The van der Waals surface area contributed by atoms with E-state index in [1.165, 1.54) is 0 Å². The van der Waals surface area contributed by atoms with Gasteiger partial charge < -0.3 is 5.32 Å². The molecule has 0 heterocycles. The second-order valence-electron chi connectivity index (χ2n) is 6.20. The Morgan fingerprint density at radius 2 is 2.04 bits per heavy atom. The van der Waals surface area contributed by atoms with Crippen molar-refractivity contribution >= 4 is 21.4 Å². The van der Waals surface area contributed by atoms with E-state index in [4.69, 9.17) is 0 Å². The number of hydrogen-bond acceptors (Lipinski definition) is 6. The first-order valence-corrected chi connectivity index (χ1v) is 9.48. The lowest BCUT2D eigenvalue weighted by Crippen LogP contribution is -2.41. The van der Waals surface area contributed by atoms with Crippen LogP contribution in [0, 0.1) is 10.1 Å². The number of sulfone groups is 1. The van der Waals surface area contributed by atoms with Gasteiger partial charge in [-0.1, -0.05) is 0 Å². The van der Waals surface area contributed by atoms with Gasteiger partial charge in [0.05, 0.1) is 9.82 Å². The van der Waals surface area contributed by atoms with Crippen LogP contribution < -0.4 is 5.32 Å². The summed E-state index contributed by atoms with van der Waals surface area (Å²) in [4.78, 5) is 24.4. The van der Waals surface area contributed by atoms with Gasteiger partial charge in [0.15, 0.2) is 9.84 Å². The van der Waals surface area contributed by atoms with Crippen LogP contribution in [-0.4, -0.2) is 56.1 Å². The molecule has 1 amide bonds. The number of carbonyl (C=O) groups excluding carboxylic acids is 1. The molecule has 0 aliphatic heterocycles. The maximum Gasteiger partial charge on any atom is 0.271 e. The Kier molecular flexibility index (Phi) is 5.24. The fourth-order valence-electron chi connectivity index (χ4n) is 2.36. The fraction of sp³-hybridized carbons (Fsp3) is 0.533. The lowest BCUT2D eigenvalue weighted by atomic mass is 10.2. The van der Waals surface area contributed by atoms with E-state index in [1.54, 1.807) is 0 Å². The summed E-state index contributed by atoms with van der Waals surface area (Å²) in [5.41, 5.74) is -0.461. The van der Waals surface area contributed by atoms with Crippen LogP contribution in [-0.2, 0) is 9.84 Å². The van der Waals surface area contributed by atoms with Gasteiger partial charge in [0, 0.05) is 42.6 Å². The molecule has 0 radical (unpaired) electrons. The Balaban J connectivity index is 2.15. The van der Waals surface area contributed by atoms with Crippen LogP contribution in [0.15, 0.2) is 23.1 Å². The van der Waals surface area contributed by atoms with Gasteiger partial charge in [-0.3, -0.25) is 19.8 Å². The zero-order valence-electron chi connectivity index (χ0n) is 13.9. The van der Waals surface area contributed by atoms with Gasteiger partial charge in [0.1, 0.15) is 0 Å². The predicted molar refractivity (Wildman–Crippen MR) is 88.8 cm³/mol. The molecule has 1 saturated carbocycles. The monoisotopic (exact) mass is 355 g/mol. The molecule has 2 rings (SSSR count). The summed E-state index contributed by atoms with van der Waals surface area (Å²) >= 11 is 0. The fourth-order valence-corrected chi connectivity index (χ4v) is 3.04. The van der Waals surface area contributed by atoms with Crippen LogP contribution in [0.1, 0.15) is 30.1 Å². The smallest absolute Gasteiger partial charge is 0.271 e. The van der Waals surface area contributed by atoms with E-state index in [1.807, 2.05) is 14.0 Å². The maximum absolute atomic E-state index is 12.3. The molecule has 1 unspecified atom stereocenters. The number of nitro benzene ring substituents is 1. The van der Waals surface area contributed by atoms with Crippen molar-refractivity contribution in [1.82, 2.24) is 10.2 Å². The van der Waals surface area contributed by atoms with Gasteiger partial charge in [-0.05, 0) is 32.9 Å². The SMILES string of the molecule is CC(CNC(=O)c1cc([N+](=O)[O-])cc(S(C)(=O)=O)c1)N(C)C1CC1. The molecule has 24 heavy (non-hydrogen) atoms. The van der Waals surface area contributed by atoms with Crippen molar-refractivity contribution in [3.05, 3.63) is 33.9 Å². The summed E-state index contributed by atoms with van der Waals surface area (Å²) in [6, 6.07) is 3.86. The minimum Gasteiger partial charge on any atom is -0.350 e. The molecule has 0 spiro atoms. The number of likely N-dealkylation sites (N-methyl/N-ethyl adjacent to an activating group) is 1. The van der Waals surface area contributed by atoms with Gasteiger partial charge in [-0.15, -0.1) is 0 Å².